The lowest BCUT2D eigenvalue weighted by Crippen LogP contribution is -2.43. The number of rotatable bonds is 6. The van der Waals surface area contributed by atoms with E-state index in [1.165, 1.54) is 4.31 Å². The molecule has 1 amide bonds. The zero-order valence-corrected chi connectivity index (χ0v) is 17.2. The predicted octanol–water partition coefficient (Wildman–Crippen LogP) is 0.730. The Kier molecular flexibility index (Phi) is 6.25. The third kappa shape index (κ3) is 4.72. The van der Waals surface area contributed by atoms with Gasteiger partial charge in [-0.15, -0.1) is 5.10 Å². The first-order valence-corrected chi connectivity index (χ1v) is 10.8. The number of nitrogens with one attached hydrogen (secondary N) is 1. The molecule has 11 heteroatoms. The Labute approximate surface area is 165 Å². The molecule has 1 aliphatic rings. The lowest BCUT2D eigenvalue weighted by molar-refractivity contribution is 0.0730. The Morgan fingerprint density at radius 1 is 1.33 bits per heavy atom. The SMILES string of the molecule is Cc1c(C(=O)NCCS(=O)(=O)N2CCOCC2)nnn1-c1cccc(Br)c1. The van der Waals surface area contributed by atoms with Crippen molar-refractivity contribution in [2.45, 2.75) is 6.92 Å². The van der Waals surface area contributed by atoms with E-state index in [-0.39, 0.29) is 18.0 Å². The molecule has 0 radical (unpaired) electrons. The Balaban J connectivity index is 1.62. The molecule has 27 heavy (non-hydrogen) atoms. The highest BCUT2D eigenvalue weighted by Crippen LogP contribution is 2.17. The van der Waals surface area contributed by atoms with Crippen LogP contribution in [0.1, 0.15) is 16.2 Å². The Morgan fingerprint density at radius 3 is 2.78 bits per heavy atom. The average molecular weight is 458 g/mol. The molecule has 1 saturated heterocycles. The van der Waals surface area contributed by atoms with Crippen LogP contribution in [0.3, 0.4) is 0 Å². The molecule has 3 rings (SSSR count). The second-order valence-corrected chi connectivity index (χ2v) is 9.00. The van der Waals surface area contributed by atoms with E-state index in [9.17, 15) is 13.2 Å². The molecule has 2 aromatic rings. The van der Waals surface area contributed by atoms with E-state index in [0.29, 0.717) is 32.0 Å². The molecule has 2 heterocycles. The number of carbonyl (C=O) groups excluding carboxylic acids is 1. The van der Waals surface area contributed by atoms with Gasteiger partial charge < -0.3 is 10.1 Å². The number of amides is 1. The first kappa shape index (κ1) is 19.9. The molecule has 0 unspecified atom stereocenters. The average Bonchev–Trinajstić information content (AvgIpc) is 3.04. The summed E-state index contributed by atoms with van der Waals surface area (Å²) in [6.07, 6.45) is 0. The Bertz CT molecular complexity index is 925. The number of halogens is 1. The van der Waals surface area contributed by atoms with Gasteiger partial charge in [0.1, 0.15) is 0 Å². The number of morpholine rings is 1. The maximum atomic E-state index is 12.4. The summed E-state index contributed by atoms with van der Waals surface area (Å²) in [5.74, 6) is -0.622. The molecule has 146 valence electrons. The lowest BCUT2D eigenvalue weighted by Gasteiger charge is -2.25. The van der Waals surface area contributed by atoms with Crippen LogP contribution in [0, 0.1) is 6.92 Å². The van der Waals surface area contributed by atoms with Gasteiger partial charge in [0.25, 0.3) is 5.91 Å². The quantitative estimate of drug-likeness (QED) is 0.684. The zero-order chi connectivity index (χ0) is 19.4. The number of carbonyl (C=O) groups is 1. The molecule has 0 spiro atoms. The molecule has 1 aromatic heterocycles. The van der Waals surface area contributed by atoms with Crippen molar-refractivity contribution in [3.8, 4) is 5.69 Å². The number of hydrogen-bond acceptors (Lipinski definition) is 6. The molecular formula is C16H20BrN5O4S. The van der Waals surface area contributed by atoms with Crippen LogP contribution in [0.4, 0.5) is 0 Å². The minimum atomic E-state index is -3.42. The van der Waals surface area contributed by atoms with E-state index in [1.807, 2.05) is 24.3 Å². The third-order valence-electron chi connectivity index (χ3n) is 4.17. The number of ether oxygens (including phenoxy) is 1. The van der Waals surface area contributed by atoms with Crippen molar-refractivity contribution in [1.82, 2.24) is 24.6 Å². The Hall–Kier alpha value is -1.82. The van der Waals surface area contributed by atoms with Gasteiger partial charge in [0.2, 0.25) is 10.0 Å². The fraction of sp³-hybridized carbons (Fsp3) is 0.438. The summed E-state index contributed by atoms with van der Waals surface area (Å²) in [5, 5.41) is 10.6. The van der Waals surface area contributed by atoms with Crippen molar-refractivity contribution < 1.29 is 17.9 Å². The zero-order valence-electron chi connectivity index (χ0n) is 14.8. The van der Waals surface area contributed by atoms with Crippen LogP contribution < -0.4 is 5.32 Å². The van der Waals surface area contributed by atoms with E-state index >= 15 is 0 Å². The highest BCUT2D eigenvalue weighted by molar-refractivity contribution is 9.10. The highest BCUT2D eigenvalue weighted by atomic mass is 79.9. The van der Waals surface area contributed by atoms with Gasteiger partial charge in [-0.05, 0) is 25.1 Å². The van der Waals surface area contributed by atoms with Gasteiger partial charge in [-0.2, -0.15) is 4.31 Å². The first-order valence-electron chi connectivity index (χ1n) is 8.40. The lowest BCUT2D eigenvalue weighted by atomic mass is 10.3. The first-order chi connectivity index (χ1) is 12.9. The van der Waals surface area contributed by atoms with Crippen LogP contribution in [0.2, 0.25) is 0 Å². The Morgan fingerprint density at radius 2 is 2.07 bits per heavy atom. The predicted molar refractivity (Wildman–Crippen MR) is 102 cm³/mol. The number of benzene rings is 1. The molecule has 9 nitrogen and oxygen atoms in total. The smallest absolute Gasteiger partial charge is 0.273 e. The molecule has 0 saturated carbocycles. The summed E-state index contributed by atoms with van der Waals surface area (Å²) in [6, 6.07) is 7.45. The van der Waals surface area contributed by atoms with E-state index < -0.39 is 15.9 Å². The van der Waals surface area contributed by atoms with Gasteiger partial charge in [-0.3, -0.25) is 4.79 Å². The van der Waals surface area contributed by atoms with Crippen LogP contribution in [0.25, 0.3) is 5.69 Å². The van der Waals surface area contributed by atoms with Crippen molar-refractivity contribution in [2.75, 3.05) is 38.6 Å². The standard InChI is InChI=1S/C16H20BrN5O4S/c1-12-15(19-20-22(12)14-4-2-3-13(17)11-14)16(23)18-5-10-27(24,25)21-6-8-26-9-7-21/h2-4,11H,5-10H2,1H3,(H,18,23). The fourth-order valence-corrected chi connectivity index (χ4v) is 4.43. The van der Waals surface area contributed by atoms with Gasteiger partial charge in [0.15, 0.2) is 5.69 Å². The molecule has 0 aliphatic carbocycles. The second-order valence-electron chi connectivity index (χ2n) is 6.00. The van der Waals surface area contributed by atoms with Gasteiger partial charge in [-0.1, -0.05) is 27.2 Å². The number of hydrogen-bond donors (Lipinski definition) is 1. The molecule has 0 bridgehead atoms. The monoisotopic (exact) mass is 457 g/mol. The normalized spacial score (nSPS) is 15.6. The van der Waals surface area contributed by atoms with Crippen molar-refractivity contribution >= 4 is 31.9 Å². The molecular weight excluding hydrogens is 438 g/mol. The summed E-state index contributed by atoms with van der Waals surface area (Å²) in [7, 11) is -3.42. The van der Waals surface area contributed by atoms with Crippen molar-refractivity contribution in [3.05, 3.63) is 40.1 Å². The minimum Gasteiger partial charge on any atom is -0.379 e. The van der Waals surface area contributed by atoms with Crippen molar-refractivity contribution in [1.29, 1.82) is 0 Å². The van der Waals surface area contributed by atoms with E-state index in [1.54, 1.807) is 11.6 Å². The van der Waals surface area contributed by atoms with Crippen molar-refractivity contribution in [2.24, 2.45) is 0 Å². The maximum Gasteiger partial charge on any atom is 0.273 e. The van der Waals surface area contributed by atoms with Crippen molar-refractivity contribution in [3.63, 3.8) is 0 Å². The minimum absolute atomic E-state index is 0.00170. The van der Waals surface area contributed by atoms with Gasteiger partial charge in [-0.25, -0.2) is 13.1 Å². The highest BCUT2D eigenvalue weighted by Gasteiger charge is 2.24. The van der Waals surface area contributed by atoms with Crippen LogP contribution in [-0.4, -0.2) is 72.2 Å². The van der Waals surface area contributed by atoms with Crippen LogP contribution >= 0.6 is 15.9 Å². The second kappa shape index (κ2) is 8.46. The molecule has 0 atom stereocenters. The van der Waals surface area contributed by atoms with Gasteiger partial charge >= 0.3 is 0 Å². The summed E-state index contributed by atoms with van der Waals surface area (Å²) >= 11 is 3.40. The number of nitrogens with zero attached hydrogens (tertiary/aromatic N) is 4. The third-order valence-corrected chi connectivity index (χ3v) is 6.54. The topological polar surface area (TPSA) is 106 Å². The summed E-state index contributed by atoms with van der Waals surface area (Å²) in [6.45, 7) is 3.21. The van der Waals surface area contributed by atoms with E-state index in [4.69, 9.17) is 4.74 Å². The summed E-state index contributed by atoms with van der Waals surface area (Å²) < 4.78 is 33.5. The summed E-state index contributed by atoms with van der Waals surface area (Å²) in [5.41, 5.74) is 1.50. The molecule has 1 aromatic carbocycles. The van der Waals surface area contributed by atoms with Crippen LogP contribution in [0.15, 0.2) is 28.7 Å². The molecule has 1 N–H and O–H groups in total. The molecule has 1 aliphatic heterocycles. The van der Waals surface area contributed by atoms with E-state index in [2.05, 4.69) is 31.6 Å². The maximum absolute atomic E-state index is 12.4. The van der Waals surface area contributed by atoms with Crippen LogP contribution in [0.5, 0.6) is 0 Å². The fourth-order valence-electron chi connectivity index (χ4n) is 2.72. The molecule has 1 fully saturated rings. The van der Waals surface area contributed by atoms with E-state index in [0.717, 1.165) is 10.2 Å². The summed E-state index contributed by atoms with van der Waals surface area (Å²) in [4.78, 5) is 12.4. The number of sulfonamides is 1. The van der Waals surface area contributed by atoms with Crippen LogP contribution in [-0.2, 0) is 14.8 Å². The van der Waals surface area contributed by atoms with Gasteiger partial charge in [0, 0.05) is 24.1 Å². The number of aromatic nitrogens is 3. The largest absolute Gasteiger partial charge is 0.379 e. The van der Waals surface area contributed by atoms with Gasteiger partial charge in [0.05, 0.1) is 30.3 Å².